The molecule has 0 spiro atoms. The summed E-state index contributed by atoms with van der Waals surface area (Å²) in [5.41, 5.74) is 3.18. The van der Waals surface area contributed by atoms with Crippen molar-refractivity contribution in [3.05, 3.63) is 82.4 Å². The molecule has 0 saturated carbocycles. The summed E-state index contributed by atoms with van der Waals surface area (Å²) in [5.74, 6) is 0.335. The van der Waals surface area contributed by atoms with Crippen molar-refractivity contribution >= 4 is 39.1 Å². The molecule has 34 heavy (non-hydrogen) atoms. The monoisotopic (exact) mass is 473 g/mol. The fourth-order valence-electron chi connectivity index (χ4n) is 4.77. The van der Waals surface area contributed by atoms with Crippen molar-refractivity contribution in [2.45, 2.75) is 39.4 Å². The molecule has 1 atom stereocenters. The zero-order valence-electron chi connectivity index (χ0n) is 19.7. The van der Waals surface area contributed by atoms with Crippen LogP contribution in [-0.2, 0) is 17.9 Å². The maximum Gasteiger partial charge on any atom is 0.275 e. The van der Waals surface area contributed by atoms with Gasteiger partial charge in [-0.15, -0.1) is 11.3 Å². The second-order valence-electron chi connectivity index (χ2n) is 8.92. The number of hydrogen-bond acceptors (Lipinski definition) is 4. The molecule has 1 unspecified atom stereocenters. The number of nitrogens with one attached hydrogen (secondary N) is 1. The van der Waals surface area contributed by atoms with E-state index in [4.69, 9.17) is 4.74 Å². The molecule has 2 aromatic carbocycles. The maximum absolute atomic E-state index is 14.0. The van der Waals surface area contributed by atoms with E-state index < -0.39 is 5.54 Å². The average molecular weight is 474 g/mol. The number of benzene rings is 2. The number of methoxy groups -OCH3 is 1. The normalized spacial score (nSPS) is 17.6. The molecule has 1 N–H and O–H groups in total. The number of carbonyl (C=O) groups excluding carboxylic acids is 2. The largest absolute Gasteiger partial charge is 0.496 e. The summed E-state index contributed by atoms with van der Waals surface area (Å²) < 4.78 is 7.43. The van der Waals surface area contributed by atoms with Crippen molar-refractivity contribution < 1.29 is 14.3 Å². The fourth-order valence-corrected chi connectivity index (χ4v) is 5.66. The van der Waals surface area contributed by atoms with Crippen LogP contribution in [-0.4, -0.2) is 29.0 Å². The Labute approximate surface area is 202 Å². The highest BCUT2D eigenvalue weighted by Gasteiger charge is 2.49. The van der Waals surface area contributed by atoms with Gasteiger partial charge in [0, 0.05) is 23.2 Å². The number of aryl methyl sites for hydroxylation is 1. The maximum atomic E-state index is 14.0. The molecule has 1 aliphatic rings. The molecule has 174 valence electrons. The molecule has 1 aliphatic heterocycles. The summed E-state index contributed by atoms with van der Waals surface area (Å²) in [5, 5.41) is 6.11. The van der Waals surface area contributed by atoms with Gasteiger partial charge < -0.3 is 14.6 Å². The van der Waals surface area contributed by atoms with Crippen molar-refractivity contribution in [2.75, 3.05) is 12.0 Å². The molecule has 0 aliphatic carbocycles. The number of fused-ring (bicyclic) bond motifs is 3. The zero-order chi connectivity index (χ0) is 24.0. The third-order valence-corrected chi connectivity index (χ3v) is 7.77. The van der Waals surface area contributed by atoms with E-state index in [0.29, 0.717) is 24.5 Å². The molecule has 2 amide bonds. The number of amides is 2. The third-order valence-electron chi connectivity index (χ3n) is 6.82. The molecule has 2 aromatic heterocycles. The van der Waals surface area contributed by atoms with Crippen molar-refractivity contribution in [2.24, 2.45) is 0 Å². The van der Waals surface area contributed by atoms with Crippen LogP contribution in [0.25, 0.3) is 10.2 Å². The molecule has 0 fully saturated rings. The predicted molar refractivity (Wildman–Crippen MR) is 136 cm³/mol. The molecule has 4 aromatic rings. The second-order valence-corrected chi connectivity index (χ2v) is 9.82. The molecule has 0 radical (unpaired) electrons. The van der Waals surface area contributed by atoms with Gasteiger partial charge in [-0.05, 0) is 61.5 Å². The van der Waals surface area contributed by atoms with Gasteiger partial charge in [-0.2, -0.15) is 0 Å². The van der Waals surface area contributed by atoms with Gasteiger partial charge in [0.15, 0.2) is 0 Å². The number of hydrogen-bond donors (Lipinski definition) is 1. The lowest BCUT2D eigenvalue weighted by Gasteiger charge is -2.44. The number of nitrogens with zero attached hydrogens (tertiary/aromatic N) is 2. The fraction of sp³-hybridized carbons (Fsp3) is 0.259. The van der Waals surface area contributed by atoms with Gasteiger partial charge in [-0.1, -0.05) is 30.3 Å². The number of thiophene rings is 1. The summed E-state index contributed by atoms with van der Waals surface area (Å²) in [6.07, 6.45) is 0. The highest BCUT2D eigenvalue weighted by molar-refractivity contribution is 7.16. The number of carbonyl (C=O) groups is 2. The van der Waals surface area contributed by atoms with E-state index in [9.17, 15) is 9.59 Å². The molecular formula is C27H27N3O3S. The van der Waals surface area contributed by atoms with Gasteiger partial charge in [0.1, 0.15) is 21.8 Å². The summed E-state index contributed by atoms with van der Waals surface area (Å²) in [7, 11) is 1.61. The quantitative estimate of drug-likeness (QED) is 0.441. The first-order valence-electron chi connectivity index (χ1n) is 11.2. The van der Waals surface area contributed by atoms with Gasteiger partial charge in [0.2, 0.25) is 5.91 Å². The Morgan fingerprint density at radius 3 is 2.74 bits per heavy atom. The SMILES string of the molecule is COc1ccccc1CNC(=O)C1(C)Cn2c(cc3ccsc32)C(=O)N1c1cccc(C)c1C. The summed E-state index contributed by atoms with van der Waals surface area (Å²) in [6, 6.07) is 17.4. The van der Waals surface area contributed by atoms with Crippen LogP contribution >= 0.6 is 11.3 Å². The van der Waals surface area contributed by atoms with Gasteiger partial charge >= 0.3 is 0 Å². The minimum absolute atomic E-state index is 0.168. The molecule has 3 heterocycles. The minimum atomic E-state index is -1.12. The highest BCUT2D eigenvalue weighted by atomic mass is 32.1. The van der Waals surface area contributed by atoms with Crippen LogP contribution in [0.15, 0.2) is 60.0 Å². The van der Waals surface area contributed by atoms with Crippen LogP contribution in [0.4, 0.5) is 5.69 Å². The molecule has 0 saturated heterocycles. The van der Waals surface area contributed by atoms with E-state index in [1.165, 1.54) is 0 Å². The van der Waals surface area contributed by atoms with Crippen molar-refractivity contribution in [1.29, 1.82) is 0 Å². The number of aromatic nitrogens is 1. The van der Waals surface area contributed by atoms with Gasteiger partial charge in [-0.25, -0.2) is 0 Å². The van der Waals surface area contributed by atoms with Crippen molar-refractivity contribution in [3.8, 4) is 5.75 Å². The van der Waals surface area contributed by atoms with E-state index in [1.807, 2.05) is 85.3 Å². The van der Waals surface area contributed by atoms with E-state index in [0.717, 1.165) is 32.6 Å². The number of ether oxygens (including phenoxy) is 1. The smallest absolute Gasteiger partial charge is 0.275 e. The van der Waals surface area contributed by atoms with E-state index in [2.05, 4.69) is 5.32 Å². The zero-order valence-corrected chi connectivity index (χ0v) is 20.5. The van der Waals surface area contributed by atoms with Crippen LogP contribution < -0.4 is 15.0 Å². The Morgan fingerprint density at radius 2 is 1.94 bits per heavy atom. The predicted octanol–water partition coefficient (Wildman–Crippen LogP) is 5.06. The lowest BCUT2D eigenvalue weighted by molar-refractivity contribution is -0.126. The van der Waals surface area contributed by atoms with Crippen LogP contribution in [0.5, 0.6) is 5.75 Å². The third kappa shape index (κ3) is 3.39. The first-order valence-corrected chi connectivity index (χ1v) is 12.1. The molecule has 7 heteroatoms. The van der Waals surface area contributed by atoms with Crippen LogP contribution in [0, 0.1) is 13.8 Å². The van der Waals surface area contributed by atoms with Crippen LogP contribution in [0.2, 0.25) is 0 Å². The van der Waals surface area contributed by atoms with Crippen molar-refractivity contribution in [3.63, 3.8) is 0 Å². The van der Waals surface area contributed by atoms with Crippen LogP contribution in [0.1, 0.15) is 34.1 Å². The average Bonchev–Trinajstić information content (AvgIpc) is 3.43. The first-order chi connectivity index (χ1) is 16.3. The minimum Gasteiger partial charge on any atom is -0.496 e. The summed E-state index contributed by atoms with van der Waals surface area (Å²) in [6.45, 7) is 6.54. The first kappa shape index (κ1) is 22.2. The van der Waals surface area contributed by atoms with E-state index in [-0.39, 0.29) is 11.8 Å². The summed E-state index contributed by atoms with van der Waals surface area (Å²) >= 11 is 1.58. The Kier molecular flexibility index (Phi) is 5.44. The van der Waals surface area contributed by atoms with Crippen molar-refractivity contribution in [1.82, 2.24) is 9.88 Å². The highest BCUT2D eigenvalue weighted by Crippen LogP contribution is 2.39. The van der Waals surface area contributed by atoms with Gasteiger partial charge in [-0.3, -0.25) is 14.5 Å². The van der Waals surface area contributed by atoms with Crippen LogP contribution in [0.3, 0.4) is 0 Å². The standard InChI is InChI=1S/C27H27N3O3S/c1-17-8-7-10-21(18(17)2)30-24(31)22-14-19-12-13-34-25(19)29(22)16-27(30,3)26(32)28-15-20-9-5-6-11-23(20)33-4/h5-14H,15-16H2,1-4H3,(H,28,32). The Morgan fingerprint density at radius 1 is 1.15 bits per heavy atom. The Hall–Kier alpha value is -3.58. The number of anilines is 1. The number of rotatable bonds is 5. The number of para-hydroxylation sites is 1. The van der Waals surface area contributed by atoms with E-state index in [1.54, 1.807) is 23.3 Å². The molecule has 0 bridgehead atoms. The Bertz CT molecular complexity index is 1420. The van der Waals surface area contributed by atoms with E-state index >= 15 is 0 Å². The lowest BCUT2D eigenvalue weighted by atomic mass is 9.92. The summed E-state index contributed by atoms with van der Waals surface area (Å²) in [4.78, 5) is 30.5. The molecular weight excluding hydrogens is 446 g/mol. The van der Waals surface area contributed by atoms with Gasteiger partial charge in [0.05, 0.1) is 13.7 Å². The van der Waals surface area contributed by atoms with Gasteiger partial charge in [0.25, 0.3) is 5.91 Å². The molecule has 6 nitrogen and oxygen atoms in total. The topological polar surface area (TPSA) is 63.6 Å². The second kappa shape index (κ2) is 8.33. The lowest BCUT2D eigenvalue weighted by Crippen LogP contribution is -2.64. The molecule has 5 rings (SSSR count). The Balaban J connectivity index is 1.59.